The van der Waals surface area contributed by atoms with Gasteiger partial charge in [-0.25, -0.2) is 10.2 Å². The number of hydrogen-bond acceptors (Lipinski definition) is 7. The van der Waals surface area contributed by atoms with Crippen molar-refractivity contribution in [1.82, 2.24) is 10.2 Å². The number of nitrogens with one attached hydrogen (secondary N) is 2. The fourth-order valence-electron chi connectivity index (χ4n) is 2.49. The molecular weight excluding hydrogens is 412 g/mol. The van der Waals surface area contributed by atoms with E-state index in [1.165, 1.54) is 4.72 Å². The summed E-state index contributed by atoms with van der Waals surface area (Å²) in [5.74, 6) is -0.941. The van der Waals surface area contributed by atoms with Crippen LogP contribution in [0.15, 0.2) is 73.1 Å². The molecule has 30 heavy (non-hydrogen) atoms. The molecule has 0 atom stereocenters. The highest BCUT2D eigenvalue weighted by Gasteiger charge is 2.28. The smallest absolute Gasteiger partial charge is 0.359 e. The lowest BCUT2D eigenvalue weighted by atomic mass is 9.84. The molecule has 0 spiro atoms. The van der Waals surface area contributed by atoms with Crippen LogP contribution in [0.3, 0.4) is 0 Å². The van der Waals surface area contributed by atoms with E-state index in [2.05, 4.69) is 10.3 Å². The second kappa shape index (κ2) is 10.1. The van der Waals surface area contributed by atoms with Gasteiger partial charge in [0.2, 0.25) is 5.91 Å². The predicted molar refractivity (Wildman–Crippen MR) is 108 cm³/mol. The number of carbonyl (C=O) groups is 3. The summed E-state index contributed by atoms with van der Waals surface area (Å²) in [5.41, 5.74) is 4.54. The lowest BCUT2D eigenvalue weighted by molar-refractivity contribution is -0.117. The summed E-state index contributed by atoms with van der Waals surface area (Å²) in [6.45, 7) is 0.980. The van der Waals surface area contributed by atoms with Gasteiger partial charge in [0.15, 0.2) is 11.6 Å². The summed E-state index contributed by atoms with van der Waals surface area (Å²) in [5, 5.41) is 0. The molecule has 4 rings (SSSR count). The average molecular weight is 430 g/mol. The van der Waals surface area contributed by atoms with Crippen molar-refractivity contribution in [3.8, 4) is 0 Å². The van der Waals surface area contributed by atoms with Crippen LogP contribution in [0, 0.1) is 0 Å². The first-order chi connectivity index (χ1) is 14.2. The van der Waals surface area contributed by atoms with Gasteiger partial charge in [-0.1, -0.05) is 48.5 Å². The Labute approximate surface area is 172 Å². The third kappa shape index (κ3) is 6.40. The molecule has 2 aliphatic rings. The van der Waals surface area contributed by atoms with Crippen molar-refractivity contribution in [2.75, 3.05) is 0 Å². The Balaban J connectivity index is 0.000000192. The number of benzene rings is 2. The molecule has 1 heterocycles. The van der Waals surface area contributed by atoms with Crippen LogP contribution in [0.1, 0.15) is 38.8 Å². The number of fused-ring (bicyclic) bond motifs is 2. The number of hydroxylamine groups is 1. The molecule has 1 aliphatic carbocycles. The molecule has 0 saturated heterocycles. The van der Waals surface area contributed by atoms with E-state index in [1.54, 1.807) is 67.1 Å². The van der Waals surface area contributed by atoms with Crippen molar-refractivity contribution in [3.63, 3.8) is 0 Å². The first-order valence-corrected chi connectivity index (χ1v) is 9.91. The topological polar surface area (TPSA) is 139 Å². The second-order valence-corrected chi connectivity index (χ2v) is 6.96. The van der Waals surface area contributed by atoms with Crippen LogP contribution in [0.2, 0.25) is 0 Å². The van der Waals surface area contributed by atoms with E-state index in [9.17, 15) is 22.8 Å². The Bertz CT molecular complexity index is 1000. The number of rotatable bonds is 1. The van der Waals surface area contributed by atoms with Crippen LogP contribution in [0.4, 0.5) is 0 Å². The molecule has 0 radical (unpaired) electrons. The molecule has 0 unspecified atom stereocenters. The van der Waals surface area contributed by atoms with E-state index in [4.69, 9.17) is 4.55 Å². The van der Waals surface area contributed by atoms with E-state index in [0.29, 0.717) is 22.3 Å². The maximum Gasteiger partial charge on any atom is 0.359 e. The summed E-state index contributed by atoms with van der Waals surface area (Å²) in [6.07, 6.45) is 6.93. The van der Waals surface area contributed by atoms with Gasteiger partial charge < -0.3 is 4.84 Å². The van der Waals surface area contributed by atoms with E-state index < -0.39 is 16.2 Å². The summed E-state index contributed by atoms with van der Waals surface area (Å²) in [7, 11) is -4.32. The first kappa shape index (κ1) is 22.5. The molecule has 10 heteroatoms. The minimum absolute atomic E-state index is 0.0641. The van der Waals surface area contributed by atoms with E-state index >= 15 is 0 Å². The van der Waals surface area contributed by atoms with Crippen LogP contribution in [-0.4, -0.2) is 30.4 Å². The molecule has 3 N–H and O–H groups in total. The van der Waals surface area contributed by atoms with Gasteiger partial charge in [-0.2, -0.15) is 8.42 Å². The van der Waals surface area contributed by atoms with Crippen molar-refractivity contribution >= 4 is 27.8 Å². The highest BCUT2D eigenvalue weighted by molar-refractivity contribution is 7.84. The van der Waals surface area contributed by atoms with Crippen LogP contribution in [0.25, 0.3) is 0 Å². The Morgan fingerprint density at radius 2 is 1.33 bits per heavy atom. The van der Waals surface area contributed by atoms with Gasteiger partial charge in [-0.3, -0.25) is 18.9 Å². The largest absolute Gasteiger partial charge is 0.391 e. The fourth-order valence-corrected chi connectivity index (χ4v) is 2.85. The van der Waals surface area contributed by atoms with Gasteiger partial charge in [0.1, 0.15) is 6.26 Å². The van der Waals surface area contributed by atoms with Crippen molar-refractivity contribution in [1.29, 1.82) is 0 Å². The normalized spacial score (nSPS) is 13.1. The maximum absolute atomic E-state index is 12.1. The second-order valence-electron chi connectivity index (χ2n) is 5.81. The Morgan fingerprint density at radius 3 is 1.50 bits per heavy atom. The summed E-state index contributed by atoms with van der Waals surface area (Å²) < 4.78 is 28.4. The molecule has 1 aliphatic heterocycles. The average Bonchev–Trinajstić information content (AvgIpc) is 2.72. The van der Waals surface area contributed by atoms with Gasteiger partial charge >= 0.3 is 10.3 Å². The predicted octanol–water partition coefficient (Wildman–Crippen LogP) is 1.94. The zero-order chi connectivity index (χ0) is 22.1. The number of allylic oxidation sites excluding steroid dienone is 2. The van der Waals surface area contributed by atoms with E-state index in [0.717, 1.165) is 6.92 Å². The molecule has 2 aromatic carbocycles. The highest BCUT2D eigenvalue weighted by Crippen LogP contribution is 2.26. The number of hydrogen-bond donors (Lipinski definition) is 3. The number of amides is 1. The molecule has 0 fully saturated rings. The quantitative estimate of drug-likeness (QED) is 0.498. The monoisotopic (exact) mass is 430 g/mol. The van der Waals surface area contributed by atoms with Gasteiger partial charge in [0.25, 0.3) is 0 Å². The Kier molecular flexibility index (Phi) is 7.62. The highest BCUT2D eigenvalue weighted by atomic mass is 32.2. The van der Waals surface area contributed by atoms with Crippen LogP contribution < -0.4 is 10.2 Å². The molecule has 9 nitrogen and oxygen atoms in total. The summed E-state index contributed by atoms with van der Waals surface area (Å²) in [6, 6.07) is 13.9. The van der Waals surface area contributed by atoms with Gasteiger partial charge in [0.05, 0.1) is 0 Å². The molecule has 0 aromatic heterocycles. The van der Waals surface area contributed by atoms with E-state index in [1.807, 2.05) is 6.08 Å². The molecule has 1 amide bonds. The van der Waals surface area contributed by atoms with Gasteiger partial charge in [0, 0.05) is 35.4 Å². The maximum atomic E-state index is 12.1. The summed E-state index contributed by atoms with van der Waals surface area (Å²) in [4.78, 5) is 38.6. The third-order valence-corrected chi connectivity index (χ3v) is 4.14. The van der Waals surface area contributed by atoms with Crippen molar-refractivity contribution < 1.29 is 32.2 Å². The molecular formula is C20H18N2O7S. The third-order valence-electron chi connectivity index (χ3n) is 3.60. The minimum Gasteiger partial charge on any atom is -0.391 e. The Hall–Kier alpha value is -3.76. The molecule has 156 valence electrons. The van der Waals surface area contributed by atoms with Crippen LogP contribution in [0.5, 0.6) is 0 Å². The summed E-state index contributed by atoms with van der Waals surface area (Å²) >= 11 is 0. The fraction of sp³-hybridized carbons (Fsp3) is 0.0500. The minimum atomic E-state index is -4.32. The van der Waals surface area contributed by atoms with Crippen molar-refractivity contribution in [2.24, 2.45) is 0 Å². The zero-order valence-electron chi connectivity index (χ0n) is 15.7. The number of carbonyl (C=O) groups excluding carboxylic acids is 3. The van der Waals surface area contributed by atoms with E-state index in [-0.39, 0.29) is 11.6 Å². The molecule has 0 bridgehead atoms. The molecule has 0 saturated carbocycles. The Morgan fingerprint density at radius 1 is 0.900 bits per heavy atom. The zero-order valence-corrected chi connectivity index (χ0v) is 16.5. The van der Waals surface area contributed by atoms with Gasteiger partial charge in [-0.15, -0.1) is 0 Å². The lowest BCUT2D eigenvalue weighted by Crippen LogP contribution is -2.26. The van der Waals surface area contributed by atoms with Crippen molar-refractivity contribution in [2.45, 2.75) is 6.92 Å². The van der Waals surface area contributed by atoms with Gasteiger partial charge in [-0.05, 0) is 12.2 Å². The van der Waals surface area contributed by atoms with Crippen molar-refractivity contribution in [3.05, 3.63) is 95.4 Å². The number of ketones is 2. The van der Waals surface area contributed by atoms with Crippen LogP contribution >= 0.6 is 0 Å². The standard InChI is InChI=1S/C14H8O2.C4H5NO.C2H5NO4S/c15-13-9-5-1-2-6-10(9)14(16)12-8-4-3-7-11(12)13;1-2-4-6-5-3-1;1-2(4)3-8(5,6)7/h1-8H;1-5H;1H3,(H,3,4)(H,5,6,7). The first-order valence-electron chi connectivity index (χ1n) is 8.47. The van der Waals surface area contributed by atoms with Crippen LogP contribution in [-0.2, 0) is 19.9 Å². The lowest BCUT2D eigenvalue weighted by Gasteiger charge is -2.16. The molecule has 2 aromatic rings. The SMILES string of the molecule is C1=CNOC=C1.CC(=O)NS(=O)(=O)O.O=C1c2ccccc2C(=O)c2ccccc21.